The van der Waals surface area contributed by atoms with E-state index in [1.807, 2.05) is 16.7 Å². The van der Waals surface area contributed by atoms with Gasteiger partial charge in [-0.3, -0.25) is 10.1 Å². The molecule has 8 nitrogen and oxygen atoms in total. The zero-order chi connectivity index (χ0) is 14.3. The number of hydrogen-bond donors (Lipinski definition) is 1. The van der Waals surface area contributed by atoms with Gasteiger partial charge in [-0.2, -0.15) is 9.97 Å². The molecule has 0 fully saturated rings. The minimum absolute atomic E-state index is 0.0321. The second-order valence-corrected chi connectivity index (χ2v) is 5.02. The van der Waals surface area contributed by atoms with E-state index in [9.17, 15) is 10.1 Å². The lowest BCUT2D eigenvalue weighted by molar-refractivity contribution is -0.485. The molecule has 0 saturated heterocycles. The van der Waals surface area contributed by atoms with Crippen LogP contribution < -0.4 is 5.73 Å². The second kappa shape index (κ2) is 4.71. The molecule has 2 atom stereocenters. The van der Waals surface area contributed by atoms with E-state index in [4.69, 9.17) is 17.3 Å². The Hall–Kier alpha value is -2.22. The number of imidazole rings is 1. The van der Waals surface area contributed by atoms with E-state index < -0.39 is 0 Å². The number of nitrogens with two attached hydrogens (primary N) is 1. The molecule has 20 heavy (non-hydrogen) atoms. The molecule has 3 rings (SSSR count). The summed E-state index contributed by atoms with van der Waals surface area (Å²) < 4.78 is 1.82. The Labute approximate surface area is 118 Å². The smallest absolute Gasteiger partial charge is 0.223 e. The fraction of sp³-hybridized carbons (Fsp3) is 0.364. The zero-order valence-electron chi connectivity index (χ0n) is 10.3. The average molecular weight is 295 g/mol. The van der Waals surface area contributed by atoms with Crippen molar-refractivity contribution in [3.05, 3.63) is 33.7 Å². The Morgan fingerprint density at radius 2 is 2.30 bits per heavy atom. The SMILES string of the molecule is Nc1nc(Cl)c2ncn(C3C=CC(C[N+](=O)[O-])C3)c2n1. The molecule has 0 amide bonds. The van der Waals surface area contributed by atoms with Crippen molar-refractivity contribution in [3.63, 3.8) is 0 Å². The third-order valence-electron chi connectivity index (χ3n) is 3.29. The quantitative estimate of drug-likeness (QED) is 0.397. The molecule has 1 aliphatic rings. The third-order valence-corrected chi connectivity index (χ3v) is 3.55. The van der Waals surface area contributed by atoms with Crippen molar-refractivity contribution in [1.82, 2.24) is 19.5 Å². The first-order valence-electron chi connectivity index (χ1n) is 6.00. The van der Waals surface area contributed by atoms with Crippen molar-refractivity contribution in [1.29, 1.82) is 0 Å². The number of aromatic nitrogens is 4. The number of halogens is 1. The van der Waals surface area contributed by atoms with Gasteiger partial charge in [-0.1, -0.05) is 23.8 Å². The van der Waals surface area contributed by atoms with Gasteiger partial charge in [0.05, 0.1) is 12.4 Å². The fourth-order valence-corrected chi connectivity index (χ4v) is 2.65. The second-order valence-electron chi connectivity index (χ2n) is 4.66. The van der Waals surface area contributed by atoms with Crippen molar-refractivity contribution < 1.29 is 4.92 Å². The highest BCUT2D eigenvalue weighted by Gasteiger charge is 2.25. The Morgan fingerprint density at radius 1 is 1.50 bits per heavy atom. The van der Waals surface area contributed by atoms with Gasteiger partial charge >= 0.3 is 0 Å². The molecule has 2 unspecified atom stereocenters. The summed E-state index contributed by atoms with van der Waals surface area (Å²) in [6.45, 7) is -0.0719. The lowest BCUT2D eigenvalue weighted by atomic mass is 10.1. The van der Waals surface area contributed by atoms with Gasteiger partial charge in [-0.25, -0.2) is 4.98 Å². The number of allylic oxidation sites excluding steroid dienone is 1. The van der Waals surface area contributed by atoms with Gasteiger partial charge in [0.1, 0.15) is 5.52 Å². The van der Waals surface area contributed by atoms with Crippen LogP contribution in [0.1, 0.15) is 12.5 Å². The van der Waals surface area contributed by atoms with Crippen LogP contribution in [0.15, 0.2) is 18.5 Å². The molecule has 0 radical (unpaired) electrons. The van der Waals surface area contributed by atoms with Crippen molar-refractivity contribution in [2.24, 2.45) is 5.92 Å². The summed E-state index contributed by atoms with van der Waals surface area (Å²) in [6.07, 6.45) is 6.01. The van der Waals surface area contributed by atoms with Crippen LogP contribution in [0.2, 0.25) is 5.15 Å². The lowest BCUT2D eigenvalue weighted by Crippen LogP contribution is -2.13. The van der Waals surface area contributed by atoms with Crippen LogP contribution in [0.3, 0.4) is 0 Å². The van der Waals surface area contributed by atoms with E-state index in [0.29, 0.717) is 17.6 Å². The van der Waals surface area contributed by atoms with Crippen LogP contribution in [0.25, 0.3) is 11.2 Å². The number of anilines is 1. The molecule has 0 saturated carbocycles. The summed E-state index contributed by atoms with van der Waals surface area (Å²) in [5, 5.41) is 10.8. The first-order chi connectivity index (χ1) is 9.54. The molecule has 9 heteroatoms. The molecule has 1 aliphatic carbocycles. The number of nitrogen functional groups attached to an aromatic ring is 1. The molecule has 104 valence electrons. The van der Waals surface area contributed by atoms with Gasteiger partial charge in [0, 0.05) is 10.8 Å². The molecule has 2 aromatic rings. The maximum atomic E-state index is 10.5. The van der Waals surface area contributed by atoms with E-state index in [1.165, 1.54) is 0 Å². The number of nitro groups is 1. The molecule has 0 aliphatic heterocycles. The largest absolute Gasteiger partial charge is 0.368 e. The lowest BCUT2D eigenvalue weighted by Gasteiger charge is -2.12. The predicted octanol–water partition coefficient (Wildman–Crippen LogP) is 1.46. The average Bonchev–Trinajstić information content (AvgIpc) is 2.94. The van der Waals surface area contributed by atoms with Gasteiger partial charge < -0.3 is 10.3 Å². The van der Waals surface area contributed by atoms with Crippen LogP contribution in [-0.4, -0.2) is 31.0 Å². The van der Waals surface area contributed by atoms with Crippen LogP contribution >= 0.6 is 11.6 Å². The Bertz CT molecular complexity index is 712. The minimum atomic E-state index is -0.305. The summed E-state index contributed by atoms with van der Waals surface area (Å²) >= 11 is 5.97. The van der Waals surface area contributed by atoms with Gasteiger partial charge in [0.25, 0.3) is 0 Å². The van der Waals surface area contributed by atoms with Crippen molar-refractivity contribution in [2.75, 3.05) is 12.3 Å². The molecular formula is C11H11ClN6O2. The Kier molecular flexibility index (Phi) is 3.01. The van der Waals surface area contributed by atoms with E-state index in [1.54, 1.807) is 6.33 Å². The van der Waals surface area contributed by atoms with Gasteiger partial charge in [0.2, 0.25) is 12.5 Å². The maximum absolute atomic E-state index is 10.5. The summed E-state index contributed by atoms with van der Waals surface area (Å²) in [6, 6.07) is -0.0321. The summed E-state index contributed by atoms with van der Waals surface area (Å²) in [4.78, 5) is 22.4. The molecule has 2 aromatic heterocycles. The van der Waals surface area contributed by atoms with Gasteiger partial charge in [0.15, 0.2) is 10.8 Å². The van der Waals surface area contributed by atoms with E-state index in [2.05, 4.69) is 15.0 Å². The van der Waals surface area contributed by atoms with Gasteiger partial charge in [-0.15, -0.1) is 0 Å². The van der Waals surface area contributed by atoms with E-state index in [-0.39, 0.29) is 34.5 Å². The highest BCUT2D eigenvalue weighted by atomic mass is 35.5. The van der Waals surface area contributed by atoms with Crippen molar-refractivity contribution in [2.45, 2.75) is 12.5 Å². The minimum Gasteiger partial charge on any atom is -0.368 e. The summed E-state index contributed by atoms with van der Waals surface area (Å²) in [5.41, 5.74) is 6.61. The first-order valence-corrected chi connectivity index (χ1v) is 6.38. The number of fused-ring (bicyclic) bond motifs is 1. The molecule has 0 aromatic carbocycles. The highest BCUT2D eigenvalue weighted by molar-refractivity contribution is 6.33. The van der Waals surface area contributed by atoms with Crippen LogP contribution in [0.5, 0.6) is 0 Å². The highest BCUT2D eigenvalue weighted by Crippen LogP contribution is 2.31. The standard InChI is InChI=1S/C11H11ClN6O2/c12-9-8-10(16-11(13)15-9)17(5-14-8)7-2-1-6(3-7)4-18(19)20/h1-2,5-7H,3-4H2,(H2,13,15,16). The van der Waals surface area contributed by atoms with E-state index >= 15 is 0 Å². The maximum Gasteiger partial charge on any atom is 0.223 e. The molecular weight excluding hydrogens is 284 g/mol. The monoisotopic (exact) mass is 294 g/mol. The van der Waals surface area contributed by atoms with Crippen LogP contribution in [0.4, 0.5) is 5.95 Å². The fourth-order valence-electron chi connectivity index (χ4n) is 2.43. The summed E-state index contributed by atoms with van der Waals surface area (Å²) in [5.74, 6) is -0.00447. The number of rotatable bonds is 3. The predicted molar refractivity (Wildman–Crippen MR) is 72.9 cm³/mol. The molecule has 2 N–H and O–H groups in total. The number of nitrogens with zero attached hydrogens (tertiary/aromatic N) is 5. The summed E-state index contributed by atoms with van der Waals surface area (Å²) in [7, 11) is 0. The molecule has 0 spiro atoms. The van der Waals surface area contributed by atoms with Gasteiger partial charge in [-0.05, 0) is 6.42 Å². The third kappa shape index (κ3) is 2.18. The normalized spacial score (nSPS) is 21.6. The van der Waals surface area contributed by atoms with Crippen LogP contribution in [0, 0.1) is 16.0 Å². The topological polar surface area (TPSA) is 113 Å². The van der Waals surface area contributed by atoms with Crippen molar-refractivity contribution in [3.8, 4) is 0 Å². The molecule has 0 bridgehead atoms. The Morgan fingerprint density at radius 3 is 3.05 bits per heavy atom. The van der Waals surface area contributed by atoms with Crippen molar-refractivity contribution >= 4 is 28.7 Å². The first kappa shape index (κ1) is 12.8. The van der Waals surface area contributed by atoms with Crippen LogP contribution in [-0.2, 0) is 0 Å². The Balaban J connectivity index is 1.93. The van der Waals surface area contributed by atoms with E-state index in [0.717, 1.165) is 0 Å². The number of hydrogen-bond acceptors (Lipinski definition) is 6. The molecule has 2 heterocycles. The zero-order valence-corrected chi connectivity index (χ0v) is 11.1.